The van der Waals surface area contributed by atoms with Crippen molar-refractivity contribution in [2.75, 3.05) is 19.8 Å². The standard InChI is InChI=1S/C27H34N2O7/c1-27(2)35-18-21(36-27)17-34-26(33)23(16-20-11-7-4-8-12-20)29-22(15-19-9-5-3-6-10-19)25(32)28-14-13-24(30)31/h3-12,21-23,29H,13-18H2,1-2H3,(H,28,32)(H,30,31). The third kappa shape index (κ3) is 9.07. The van der Waals surface area contributed by atoms with E-state index in [0.29, 0.717) is 19.4 Å². The van der Waals surface area contributed by atoms with Crippen LogP contribution in [0.1, 0.15) is 31.4 Å². The fourth-order valence-electron chi connectivity index (χ4n) is 3.92. The van der Waals surface area contributed by atoms with Crippen molar-refractivity contribution in [3.05, 3.63) is 71.8 Å². The number of amides is 1. The Kier molecular flexibility index (Phi) is 9.98. The predicted molar refractivity (Wildman–Crippen MR) is 132 cm³/mol. The van der Waals surface area contributed by atoms with E-state index in [0.717, 1.165) is 11.1 Å². The minimum absolute atomic E-state index is 0.0102. The summed E-state index contributed by atoms with van der Waals surface area (Å²) in [5.74, 6) is -2.63. The lowest BCUT2D eigenvalue weighted by molar-refractivity contribution is -0.160. The summed E-state index contributed by atoms with van der Waals surface area (Å²) in [5.41, 5.74) is 1.80. The number of benzene rings is 2. The van der Waals surface area contributed by atoms with Crippen molar-refractivity contribution in [1.82, 2.24) is 10.6 Å². The maximum Gasteiger partial charge on any atom is 0.323 e. The number of rotatable bonds is 13. The third-order valence-corrected chi connectivity index (χ3v) is 5.69. The number of esters is 1. The first-order valence-corrected chi connectivity index (χ1v) is 12.0. The lowest BCUT2D eigenvalue weighted by Gasteiger charge is -2.25. The summed E-state index contributed by atoms with van der Waals surface area (Å²) in [5, 5.41) is 14.7. The van der Waals surface area contributed by atoms with E-state index in [1.54, 1.807) is 13.8 Å². The molecular formula is C27H34N2O7. The zero-order valence-corrected chi connectivity index (χ0v) is 20.6. The molecule has 1 amide bonds. The molecular weight excluding hydrogens is 464 g/mol. The van der Waals surface area contributed by atoms with Crippen LogP contribution in [0.2, 0.25) is 0 Å². The van der Waals surface area contributed by atoms with E-state index < -0.39 is 29.8 Å². The first kappa shape index (κ1) is 27.3. The molecule has 0 spiro atoms. The Hall–Kier alpha value is -3.27. The van der Waals surface area contributed by atoms with Gasteiger partial charge < -0.3 is 24.6 Å². The van der Waals surface area contributed by atoms with Gasteiger partial charge in [0.15, 0.2) is 5.79 Å². The quantitative estimate of drug-likeness (QED) is 0.359. The number of carboxylic acids is 1. The highest BCUT2D eigenvalue weighted by molar-refractivity contribution is 5.84. The monoisotopic (exact) mass is 498 g/mol. The molecule has 3 rings (SSSR count). The fourth-order valence-corrected chi connectivity index (χ4v) is 3.92. The molecule has 0 aliphatic carbocycles. The van der Waals surface area contributed by atoms with E-state index in [4.69, 9.17) is 19.3 Å². The van der Waals surface area contributed by atoms with Gasteiger partial charge in [0, 0.05) is 6.54 Å². The lowest BCUT2D eigenvalue weighted by atomic mass is 10.0. The maximum absolute atomic E-state index is 13.2. The Bertz CT molecular complexity index is 998. The molecule has 1 saturated heterocycles. The molecule has 1 fully saturated rings. The van der Waals surface area contributed by atoms with E-state index in [-0.39, 0.29) is 31.6 Å². The van der Waals surface area contributed by atoms with E-state index in [9.17, 15) is 14.4 Å². The van der Waals surface area contributed by atoms with Crippen molar-refractivity contribution in [3.63, 3.8) is 0 Å². The summed E-state index contributed by atoms with van der Waals surface area (Å²) in [6, 6.07) is 17.2. The van der Waals surface area contributed by atoms with Crippen LogP contribution in [0.3, 0.4) is 0 Å². The smallest absolute Gasteiger partial charge is 0.323 e. The average molecular weight is 499 g/mol. The lowest BCUT2D eigenvalue weighted by Crippen LogP contribution is -2.53. The van der Waals surface area contributed by atoms with E-state index in [1.165, 1.54) is 0 Å². The van der Waals surface area contributed by atoms with Crippen LogP contribution in [0.25, 0.3) is 0 Å². The zero-order chi connectivity index (χ0) is 26.0. The number of hydrogen-bond donors (Lipinski definition) is 3. The van der Waals surface area contributed by atoms with Gasteiger partial charge in [-0.05, 0) is 37.8 Å². The molecule has 2 aromatic rings. The second-order valence-electron chi connectivity index (χ2n) is 9.17. The summed E-state index contributed by atoms with van der Waals surface area (Å²) in [7, 11) is 0. The molecule has 1 aliphatic heterocycles. The SMILES string of the molecule is CC1(C)OCC(COC(=O)C(Cc2ccccc2)NC(Cc2ccccc2)C(=O)NCCC(=O)O)O1. The second kappa shape index (κ2) is 13.2. The average Bonchev–Trinajstić information content (AvgIpc) is 3.21. The van der Waals surface area contributed by atoms with Crippen molar-refractivity contribution in [3.8, 4) is 0 Å². The molecule has 9 nitrogen and oxygen atoms in total. The highest BCUT2D eigenvalue weighted by atomic mass is 16.7. The first-order chi connectivity index (χ1) is 17.2. The van der Waals surface area contributed by atoms with Crippen molar-refractivity contribution in [2.45, 2.75) is 57.1 Å². The summed E-state index contributed by atoms with van der Waals surface area (Å²) in [4.78, 5) is 37.1. The van der Waals surface area contributed by atoms with Gasteiger partial charge in [0.05, 0.1) is 19.1 Å². The number of carboxylic acid groups (broad SMARTS) is 1. The predicted octanol–water partition coefficient (Wildman–Crippen LogP) is 2.08. The summed E-state index contributed by atoms with van der Waals surface area (Å²) in [6.45, 7) is 3.93. The maximum atomic E-state index is 13.2. The Balaban J connectivity index is 1.73. The van der Waals surface area contributed by atoms with E-state index >= 15 is 0 Å². The van der Waals surface area contributed by atoms with Gasteiger partial charge in [0.2, 0.25) is 5.91 Å². The van der Waals surface area contributed by atoms with Gasteiger partial charge in [-0.25, -0.2) is 0 Å². The number of carbonyl (C=O) groups excluding carboxylic acids is 2. The van der Waals surface area contributed by atoms with Crippen LogP contribution in [-0.2, 0) is 41.4 Å². The molecule has 2 aromatic carbocycles. The number of nitrogens with one attached hydrogen (secondary N) is 2. The van der Waals surface area contributed by atoms with Crippen molar-refractivity contribution in [2.24, 2.45) is 0 Å². The highest BCUT2D eigenvalue weighted by Gasteiger charge is 2.34. The highest BCUT2D eigenvalue weighted by Crippen LogP contribution is 2.22. The Morgan fingerprint density at radius 1 is 1.00 bits per heavy atom. The van der Waals surface area contributed by atoms with Crippen LogP contribution in [0.4, 0.5) is 0 Å². The van der Waals surface area contributed by atoms with Gasteiger partial charge in [-0.3, -0.25) is 19.7 Å². The third-order valence-electron chi connectivity index (χ3n) is 5.69. The molecule has 36 heavy (non-hydrogen) atoms. The molecule has 1 heterocycles. The van der Waals surface area contributed by atoms with Crippen LogP contribution >= 0.6 is 0 Å². The largest absolute Gasteiger partial charge is 0.481 e. The van der Waals surface area contributed by atoms with Gasteiger partial charge in [-0.15, -0.1) is 0 Å². The van der Waals surface area contributed by atoms with Crippen molar-refractivity contribution >= 4 is 17.8 Å². The molecule has 0 bridgehead atoms. The number of carbonyl (C=O) groups is 3. The van der Waals surface area contributed by atoms with Gasteiger partial charge >= 0.3 is 11.9 Å². The van der Waals surface area contributed by atoms with Crippen LogP contribution in [-0.4, -0.2) is 66.7 Å². The van der Waals surface area contributed by atoms with Gasteiger partial charge in [-0.1, -0.05) is 60.7 Å². The second-order valence-corrected chi connectivity index (χ2v) is 9.17. The van der Waals surface area contributed by atoms with Gasteiger partial charge in [-0.2, -0.15) is 0 Å². The molecule has 3 unspecified atom stereocenters. The minimum atomic E-state index is -1.00. The van der Waals surface area contributed by atoms with Crippen LogP contribution in [0.15, 0.2) is 60.7 Å². The molecule has 0 aromatic heterocycles. The molecule has 0 radical (unpaired) electrons. The summed E-state index contributed by atoms with van der Waals surface area (Å²) >= 11 is 0. The van der Waals surface area contributed by atoms with Crippen LogP contribution in [0, 0.1) is 0 Å². The fraction of sp³-hybridized carbons (Fsp3) is 0.444. The number of hydrogen-bond acceptors (Lipinski definition) is 7. The molecule has 3 N–H and O–H groups in total. The number of aliphatic carboxylic acids is 1. The van der Waals surface area contributed by atoms with Crippen molar-refractivity contribution in [1.29, 1.82) is 0 Å². The van der Waals surface area contributed by atoms with Gasteiger partial charge in [0.25, 0.3) is 0 Å². The Morgan fingerprint density at radius 2 is 1.58 bits per heavy atom. The molecule has 0 saturated carbocycles. The number of ether oxygens (including phenoxy) is 3. The Labute approximate surface area is 211 Å². The van der Waals surface area contributed by atoms with Crippen LogP contribution < -0.4 is 10.6 Å². The normalized spacial score (nSPS) is 18.2. The molecule has 194 valence electrons. The summed E-state index contributed by atoms with van der Waals surface area (Å²) < 4.78 is 16.8. The summed E-state index contributed by atoms with van der Waals surface area (Å²) in [6.07, 6.45) is 0.0484. The molecule has 1 aliphatic rings. The zero-order valence-electron chi connectivity index (χ0n) is 20.6. The van der Waals surface area contributed by atoms with E-state index in [1.807, 2.05) is 60.7 Å². The van der Waals surface area contributed by atoms with Crippen LogP contribution in [0.5, 0.6) is 0 Å². The Morgan fingerprint density at radius 3 is 2.11 bits per heavy atom. The molecule has 3 atom stereocenters. The first-order valence-electron chi connectivity index (χ1n) is 12.0. The minimum Gasteiger partial charge on any atom is -0.481 e. The topological polar surface area (TPSA) is 123 Å². The van der Waals surface area contributed by atoms with E-state index in [2.05, 4.69) is 10.6 Å². The van der Waals surface area contributed by atoms with Crippen molar-refractivity contribution < 1.29 is 33.7 Å². The van der Waals surface area contributed by atoms with Gasteiger partial charge in [0.1, 0.15) is 18.8 Å². The molecule has 9 heteroatoms.